The summed E-state index contributed by atoms with van der Waals surface area (Å²) in [6.07, 6.45) is 0. The van der Waals surface area contributed by atoms with Gasteiger partial charge in [-0.15, -0.1) is 0 Å². The van der Waals surface area contributed by atoms with E-state index < -0.39 is 4.92 Å². The topological polar surface area (TPSA) is 64.4 Å². The Morgan fingerprint density at radius 1 is 1.24 bits per heavy atom. The lowest BCUT2D eigenvalue weighted by atomic mass is 10.0. The summed E-state index contributed by atoms with van der Waals surface area (Å²) in [5.41, 5.74) is 1.39. The van der Waals surface area contributed by atoms with Crippen LogP contribution >= 0.6 is 0 Å². The van der Waals surface area contributed by atoms with Crippen LogP contribution in [0.4, 0.5) is 11.4 Å². The van der Waals surface area contributed by atoms with Crippen LogP contribution in [0, 0.1) is 26.9 Å². The highest BCUT2D eigenvalue weighted by atomic mass is 16.6. The Labute approximate surface area is 125 Å². The fraction of sp³-hybridized carbons (Fsp3) is 0.625. The smallest absolute Gasteiger partial charge is 0.275 e. The first-order valence-corrected chi connectivity index (χ1v) is 7.36. The molecule has 0 aliphatic heterocycles. The number of rotatable bonds is 6. The molecule has 116 valence electrons. The van der Waals surface area contributed by atoms with Gasteiger partial charge in [0.25, 0.3) is 5.69 Å². The van der Waals surface area contributed by atoms with Gasteiger partial charge in [-0.2, -0.15) is 0 Å². The Balaban J connectivity index is 2.11. The average Bonchev–Trinajstić information content (AvgIpc) is 2.77. The van der Waals surface area contributed by atoms with E-state index in [4.69, 9.17) is 4.74 Å². The predicted octanol–water partition coefficient (Wildman–Crippen LogP) is 4.09. The Hall–Kier alpha value is -1.78. The maximum absolute atomic E-state index is 11.0. The zero-order valence-electron chi connectivity index (χ0n) is 13.4. The summed E-state index contributed by atoms with van der Waals surface area (Å²) >= 11 is 0. The van der Waals surface area contributed by atoms with Crippen LogP contribution in [-0.2, 0) is 0 Å². The highest BCUT2D eigenvalue weighted by Crippen LogP contribution is 2.68. The highest BCUT2D eigenvalue weighted by molar-refractivity contribution is 5.56. The van der Waals surface area contributed by atoms with Crippen molar-refractivity contribution in [3.05, 3.63) is 28.3 Å². The zero-order valence-corrected chi connectivity index (χ0v) is 13.4. The molecular formula is C16H24N2O3. The van der Waals surface area contributed by atoms with Crippen molar-refractivity contribution in [1.82, 2.24) is 0 Å². The van der Waals surface area contributed by atoms with Crippen molar-refractivity contribution >= 4 is 11.4 Å². The Bertz CT molecular complexity index is 538. The zero-order chi connectivity index (χ0) is 15.8. The molecule has 0 heterocycles. The van der Waals surface area contributed by atoms with Crippen LogP contribution in [0.15, 0.2) is 18.2 Å². The molecule has 0 atom stereocenters. The van der Waals surface area contributed by atoms with E-state index in [9.17, 15) is 10.1 Å². The van der Waals surface area contributed by atoms with E-state index in [0.717, 1.165) is 12.2 Å². The van der Waals surface area contributed by atoms with E-state index in [0.29, 0.717) is 29.1 Å². The average molecular weight is 292 g/mol. The molecule has 1 aromatic carbocycles. The molecular weight excluding hydrogens is 268 g/mol. The second-order valence-electron chi connectivity index (χ2n) is 6.78. The van der Waals surface area contributed by atoms with Gasteiger partial charge in [0.1, 0.15) is 5.75 Å². The molecule has 0 saturated heterocycles. The molecule has 1 saturated carbocycles. The minimum absolute atomic E-state index is 0.0535. The lowest BCUT2D eigenvalue weighted by Crippen LogP contribution is -2.08. The van der Waals surface area contributed by atoms with Crippen LogP contribution in [-0.4, -0.2) is 18.1 Å². The van der Waals surface area contributed by atoms with Gasteiger partial charge in [0.15, 0.2) is 0 Å². The van der Waals surface area contributed by atoms with E-state index in [1.165, 1.54) is 6.07 Å². The molecule has 0 amide bonds. The Morgan fingerprint density at radius 2 is 1.86 bits per heavy atom. The summed E-state index contributed by atoms with van der Waals surface area (Å²) in [6.45, 7) is 12.2. The highest BCUT2D eigenvalue weighted by Gasteiger charge is 2.64. The Morgan fingerprint density at radius 3 is 2.33 bits per heavy atom. The van der Waals surface area contributed by atoms with Crippen molar-refractivity contribution in [1.29, 1.82) is 0 Å². The summed E-state index contributed by atoms with van der Waals surface area (Å²) < 4.78 is 5.40. The van der Waals surface area contributed by atoms with Crippen LogP contribution < -0.4 is 10.1 Å². The van der Waals surface area contributed by atoms with Crippen molar-refractivity contribution < 1.29 is 9.66 Å². The second-order valence-corrected chi connectivity index (χ2v) is 6.78. The maximum Gasteiger partial charge on any atom is 0.275 e. The van der Waals surface area contributed by atoms with E-state index in [-0.39, 0.29) is 5.69 Å². The lowest BCUT2D eigenvalue weighted by Gasteiger charge is -2.10. The third-order valence-electron chi connectivity index (χ3n) is 5.24. The molecule has 2 rings (SSSR count). The number of hydrogen-bond acceptors (Lipinski definition) is 4. The van der Waals surface area contributed by atoms with Crippen molar-refractivity contribution in [3.8, 4) is 5.75 Å². The first-order valence-electron chi connectivity index (χ1n) is 7.36. The number of hydrogen-bond donors (Lipinski definition) is 1. The van der Waals surface area contributed by atoms with Gasteiger partial charge >= 0.3 is 0 Å². The number of nitro groups is 1. The number of nitrogens with one attached hydrogen (secondary N) is 1. The summed E-state index contributed by atoms with van der Waals surface area (Å²) in [5, 5.41) is 14.3. The molecule has 0 unspecified atom stereocenters. The van der Waals surface area contributed by atoms with Gasteiger partial charge in [-0.1, -0.05) is 27.7 Å². The van der Waals surface area contributed by atoms with Crippen molar-refractivity contribution in [2.45, 2.75) is 34.6 Å². The first kappa shape index (κ1) is 15.6. The number of ether oxygens (including phenoxy) is 1. The van der Waals surface area contributed by atoms with Crippen LogP contribution in [0.1, 0.15) is 34.6 Å². The van der Waals surface area contributed by atoms with E-state index in [1.54, 1.807) is 6.07 Å². The summed E-state index contributed by atoms with van der Waals surface area (Å²) in [4.78, 5) is 10.6. The van der Waals surface area contributed by atoms with Gasteiger partial charge in [-0.05, 0) is 23.7 Å². The minimum Gasteiger partial charge on any atom is -0.494 e. The monoisotopic (exact) mass is 292 g/mol. The van der Waals surface area contributed by atoms with Gasteiger partial charge in [0, 0.05) is 24.4 Å². The third kappa shape index (κ3) is 2.82. The summed E-state index contributed by atoms with van der Waals surface area (Å²) in [5.74, 6) is 1.09. The summed E-state index contributed by atoms with van der Waals surface area (Å²) in [7, 11) is 0. The minimum atomic E-state index is -0.390. The molecule has 1 N–H and O–H groups in total. The molecule has 1 aliphatic carbocycles. The quantitative estimate of drug-likeness (QED) is 0.633. The molecule has 5 heteroatoms. The van der Waals surface area contributed by atoms with Gasteiger partial charge in [-0.3, -0.25) is 10.1 Å². The van der Waals surface area contributed by atoms with Gasteiger partial charge in [0.2, 0.25) is 0 Å². The van der Waals surface area contributed by atoms with Crippen LogP contribution in [0.3, 0.4) is 0 Å². The largest absolute Gasteiger partial charge is 0.494 e. The first-order chi connectivity index (χ1) is 9.70. The molecule has 0 aromatic heterocycles. The molecule has 1 aromatic rings. The molecule has 0 spiro atoms. The molecule has 0 bridgehead atoms. The van der Waals surface area contributed by atoms with Gasteiger partial charge in [0.05, 0.1) is 17.6 Å². The normalized spacial score (nSPS) is 19.1. The van der Waals surface area contributed by atoms with Gasteiger partial charge in [-0.25, -0.2) is 0 Å². The SMILES string of the molecule is CCOc1cc(NCC2C(C)(C)C2(C)C)cc([N+](=O)[O-])c1. The number of nitro benzene ring substituents is 1. The number of anilines is 1. The maximum atomic E-state index is 11.0. The Kier molecular flexibility index (Phi) is 3.87. The number of benzene rings is 1. The number of non-ortho nitro benzene ring substituents is 1. The van der Waals surface area contributed by atoms with Crippen molar-refractivity contribution in [2.75, 3.05) is 18.5 Å². The number of nitrogens with zero attached hydrogens (tertiary/aromatic N) is 1. The van der Waals surface area contributed by atoms with Crippen molar-refractivity contribution in [2.24, 2.45) is 16.7 Å². The predicted molar refractivity (Wildman–Crippen MR) is 83.8 cm³/mol. The van der Waals surface area contributed by atoms with E-state index in [1.807, 2.05) is 13.0 Å². The van der Waals surface area contributed by atoms with Gasteiger partial charge < -0.3 is 10.1 Å². The van der Waals surface area contributed by atoms with E-state index in [2.05, 4.69) is 33.0 Å². The standard InChI is InChI=1S/C16H24N2O3/c1-6-21-13-8-11(7-12(9-13)18(19)20)17-10-14-15(2,3)16(14,4)5/h7-9,14,17H,6,10H2,1-5H3. The van der Waals surface area contributed by atoms with Crippen molar-refractivity contribution in [3.63, 3.8) is 0 Å². The molecule has 1 fully saturated rings. The molecule has 1 aliphatic rings. The summed E-state index contributed by atoms with van der Waals surface area (Å²) in [6, 6.07) is 4.84. The third-order valence-corrected chi connectivity index (χ3v) is 5.24. The molecule has 21 heavy (non-hydrogen) atoms. The molecule has 0 radical (unpaired) electrons. The van der Waals surface area contributed by atoms with Crippen LogP contribution in [0.5, 0.6) is 5.75 Å². The lowest BCUT2D eigenvalue weighted by molar-refractivity contribution is -0.384. The van der Waals surface area contributed by atoms with Crippen LogP contribution in [0.25, 0.3) is 0 Å². The van der Waals surface area contributed by atoms with E-state index >= 15 is 0 Å². The second kappa shape index (κ2) is 5.20. The fourth-order valence-electron chi connectivity index (χ4n) is 3.10. The molecule has 5 nitrogen and oxygen atoms in total. The van der Waals surface area contributed by atoms with Crippen LogP contribution in [0.2, 0.25) is 0 Å². The fourth-order valence-corrected chi connectivity index (χ4v) is 3.10.